The minimum atomic E-state index is -0.674. The van der Waals surface area contributed by atoms with Crippen LogP contribution in [0.2, 0.25) is 0 Å². The lowest BCUT2D eigenvalue weighted by Gasteiger charge is -2.20. The van der Waals surface area contributed by atoms with Gasteiger partial charge in [-0.25, -0.2) is 0 Å². The van der Waals surface area contributed by atoms with Crippen LogP contribution < -0.4 is 5.32 Å². The predicted molar refractivity (Wildman–Crippen MR) is 56.3 cm³/mol. The molecule has 4 nitrogen and oxygen atoms in total. The number of aromatic nitrogens is 1. The van der Waals surface area contributed by atoms with E-state index in [0.717, 1.165) is 13.0 Å². The smallest absolute Gasteiger partial charge is 0.102 e. The highest BCUT2D eigenvalue weighted by molar-refractivity contribution is 5.09. The van der Waals surface area contributed by atoms with E-state index in [-0.39, 0.29) is 0 Å². The first-order valence-corrected chi connectivity index (χ1v) is 5.18. The zero-order valence-corrected chi connectivity index (χ0v) is 8.65. The summed E-state index contributed by atoms with van der Waals surface area (Å²) >= 11 is 0. The zero-order valence-electron chi connectivity index (χ0n) is 8.65. The fraction of sp³-hybridized carbons (Fsp3) is 0.545. The fourth-order valence-corrected chi connectivity index (χ4v) is 1.68. The Bertz CT molecular complexity index is 297. The van der Waals surface area contributed by atoms with Gasteiger partial charge in [0.2, 0.25) is 0 Å². The van der Waals surface area contributed by atoms with Crippen LogP contribution in [0.5, 0.6) is 0 Å². The van der Waals surface area contributed by atoms with Crippen LogP contribution >= 0.6 is 0 Å². The van der Waals surface area contributed by atoms with Crippen LogP contribution in [0.3, 0.4) is 0 Å². The van der Waals surface area contributed by atoms with E-state index in [1.807, 2.05) is 12.1 Å². The molecule has 1 unspecified atom stereocenters. The molecule has 0 bridgehead atoms. The van der Waals surface area contributed by atoms with Crippen molar-refractivity contribution in [1.82, 2.24) is 10.3 Å². The molecule has 0 saturated carbocycles. The van der Waals surface area contributed by atoms with E-state index in [4.69, 9.17) is 4.74 Å². The highest BCUT2D eigenvalue weighted by Gasteiger charge is 2.31. The molecule has 0 spiro atoms. The summed E-state index contributed by atoms with van der Waals surface area (Å²) in [7, 11) is 0. The molecule has 1 fully saturated rings. The van der Waals surface area contributed by atoms with Crippen molar-refractivity contribution in [3.8, 4) is 0 Å². The van der Waals surface area contributed by atoms with E-state index in [9.17, 15) is 5.11 Å². The Morgan fingerprint density at radius 3 is 2.93 bits per heavy atom. The van der Waals surface area contributed by atoms with Crippen molar-refractivity contribution in [3.05, 3.63) is 30.1 Å². The van der Waals surface area contributed by atoms with E-state index < -0.39 is 5.60 Å². The van der Waals surface area contributed by atoms with Crippen LogP contribution in [0.1, 0.15) is 12.0 Å². The van der Waals surface area contributed by atoms with E-state index in [0.29, 0.717) is 19.8 Å². The summed E-state index contributed by atoms with van der Waals surface area (Å²) in [6.45, 7) is 2.43. The summed E-state index contributed by atoms with van der Waals surface area (Å²) in [6.07, 6.45) is 4.26. The number of nitrogens with one attached hydrogen (secondary N) is 1. The maximum Gasteiger partial charge on any atom is 0.102 e. The van der Waals surface area contributed by atoms with Crippen molar-refractivity contribution in [2.45, 2.75) is 18.6 Å². The molecule has 0 radical (unpaired) electrons. The SMILES string of the molecule is OC1(CNCc2ccncc2)CCOC1. The van der Waals surface area contributed by atoms with Crippen molar-refractivity contribution >= 4 is 0 Å². The Kier molecular flexibility index (Phi) is 3.30. The molecule has 2 N–H and O–H groups in total. The van der Waals surface area contributed by atoms with Crippen molar-refractivity contribution in [2.24, 2.45) is 0 Å². The molecule has 1 aromatic rings. The molecule has 0 aromatic carbocycles. The average Bonchev–Trinajstić information content (AvgIpc) is 2.67. The first-order valence-electron chi connectivity index (χ1n) is 5.18. The summed E-state index contributed by atoms with van der Waals surface area (Å²) < 4.78 is 5.16. The molecule has 82 valence electrons. The highest BCUT2D eigenvalue weighted by atomic mass is 16.5. The number of rotatable bonds is 4. The second kappa shape index (κ2) is 4.70. The lowest BCUT2D eigenvalue weighted by molar-refractivity contribution is 0.0268. The van der Waals surface area contributed by atoms with Gasteiger partial charge in [0, 0.05) is 38.5 Å². The van der Waals surface area contributed by atoms with Gasteiger partial charge in [-0.05, 0) is 17.7 Å². The topological polar surface area (TPSA) is 54.4 Å². The van der Waals surface area contributed by atoms with E-state index in [2.05, 4.69) is 10.3 Å². The molecule has 1 atom stereocenters. The second-order valence-corrected chi connectivity index (χ2v) is 3.99. The van der Waals surface area contributed by atoms with Crippen LogP contribution in [-0.4, -0.2) is 35.5 Å². The predicted octanol–water partition coefficient (Wildman–Crippen LogP) is 0.323. The van der Waals surface area contributed by atoms with Gasteiger partial charge >= 0.3 is 0 Å². The molecule has 0 aliphatic carbocycles. The highest BCUT2D eigenvalue weighted by Crippen LogP contribution is 2.16. The van der Waals surface area contributed by atoms with Gasteiger partial charge in [0.15, 0.2) is 0 Å². The average molecular weight is 208 g/mol. The van der Waals surface area contributed by atoms with Gasteiger partial charge in [-0.3, -0.25) is 4.98 Å². The second-order valence-electron chi connectivity index (χ2n) is 3.99. The molecule has 15 heavy (non-hydrogen) atoms. The Labute approximate surface area is 89.3 Å². The molecular formula is C11H16N2O2. The van der Waals surface area contributed by atoms with Gasteiger partial charge in [0.05, 0.1) is 6.61 Å². The zero-order chi connectivity index (χ0) is 10.6. The van der Waals surface area contributed by atoms with Crippen LogP contribution in [0.25, 0.3) is 0 Å². The summed E-state index contributed by atoms with van der Waals surface area (Å²) in [5, 5.41) is 13.2. The number of hydrogen-bond donors (Lipinski definition) is 2. The van der Waals surface area contributed by atoms with Gasteiger partial charge in [-0.1, -0.05) is 0 Å². The van der Waals surface area contributed by atoms with E-state index in [1.165, 1.54) is 5.56 Å². The molecular weight excluding hydrogens is 192 g/mol. The van der Waals surface area contributed by atoms with Gasteiger partial charge in [0.25, 0.3) is 0 Å². The normalized spacial score (nSPS) is 25.7. The molecule has 1 saturated heterocycles. The van der Waals surface area contributed by atoms with Crippen molar-refractivity contribution in [1.29, 1.82) is 0 Å². The van der Waals surface area contributed by atoms with Crippen LogP contribution in [0, 0.1) is 0 Å². The number of nitrogens with zero attached hydrogens (tertiary/aromatic N) is 1. The van der Waals surface area contributed by atoms with E-state index >= 15 is 0 Å². The third-order valence-corrected chi connectivity index (χ3v) is 2.62. The summed E-state index contributed by atoms with van der Waals surface area (Å²) in [6, 6.07) is 3.92. The largest absolute Gasteiger partial charge is 0.386 e. The molecule has 2 rings (SSSR count). The Morgan fingerprint density at radius 2 is 2.27 bits per heavy atom. The summed E-state index contributed by atoms with van der Waals surface area (Å²) in [5.41, 5.74) is 0.500. The molecule has 2 heterocycles. The third kappa shape index (κ3) is 2.99. The molecule has 1 aliphatic rings. The van der Waals surface area contributed by atoms with Crippen LogP contribution in [-0.2, 0) is 11.3 Å². The number of hydrogen-bond acceptors (Lipinski definition) is 4. The molecule has 1 aromatic heterocycles. The maximum atomic E-state index is 9.97. The van der Waals surface area contributed by atoms with Crippen molar-refractivity contribution < 1.29 is 9.84 Å². The number of aliphatic hydroxyl groups is 1. The first kappa shape index (κ1) is 10.5. The van der Waals surface area contributed by atoms with Gasteiger partial charge < -0.3 is 15.2 Å². The van der Waals surface area contributed by atoms with Gasteiger partial charge in [0.1, 0.15) is 5.60 Å². The van der Waals surface area contributed by atoms with Crippen molar-refractivity contribution in [2.75, 3.05) is 19.8 Å². The monoisotopic (exact) mass is 208 g/mol. The van der Waals surface area contributed by atoms with Crippen LogP contribution in [0.15, 0.2) is 24.5 Å². The minimum absolute atomic E-state index is 0.441. The third-order valence-electron chi connectivity index (χ3n) is 2.62. The maximum absolute atomic E-state index is 9.97. The fourth-order valence-electron chi connectivity index (χ4n) is 1.68. The Balaban J connectivity index is 1.75. The van der Waals surface area contributed by atoms with Gasteiger partial charge in [-0.15, -0.1) is 0 Å². The Hall–Kier alpha value is -0.970. The number of ether oxygens (including phenoxy) is 1. The first-order chi connectivity index (χ1) is 7.29. The lowest BCUT2D eigenvalue weighted by Crippen LogP contribution is -2.40. The standard InChI is InChI=1S/C11H16N2O2/c14-11(3-6-15-9-11)8-13-7-10-1-4-12-5-2-10/h1-2,4-5,13-14H,3,6-9H2. The van der Waals surface area contributed by atoms with Gasteiger partial charge in [-0.2, -0.15) is 0 Å². The molecule has 4 heteroatoms. The lowest BCUT2D eigenvalue weighted by atomic mass is 10.0. The molecule has 0 amide bonds. The van der Waals surface area contributed by atoms with Crippen molar-refractivity contribution in [3.63, 3.8) is 0 Å². The quantitative estimate of drug-likeness (QED) is 0.748. The van der Waals surface area contributed by atoms with Crippen LogP contribution in [0.4, 0.5) is 0 Å². The summed E-state index contributed by atoms with van der Waals surface area (Å²) in [4.78, 5) is 3.95. The molecule has 1 aliphatic heterocycles. The minimum Gasteiger partial charge on any atom is -0.386 e. The van der Waals surface area contributed by atoms with E-state index in [1.54, 1.807) is 12.4 Å². The summed E-state index contributed by atoms with van der Waals surface area (Å²) in [5.74, 6) is 0. The number of pyridine rings is 1. The Morgan fingerprint density at radius 1 is 1.47 bits per heavy atom.